The van der Waals surface area contributed by atoms with E-state index in [-0.39, 0.29) is 5.41 Å². The Morgan fingerprint density at radius 2 is 2.00 bits per heavy atom. The molecule has 0 amide bonds. The number of halogens is 2. The van der Waals surface area contributed by atoms with Crippen LogP contribution in [-0.4, -0.2) is 10.9 Å². The van der Waals surface area contributed by atoms with Gasteiger partial charge in [-0.15, -0.1) is 23.2 Å². The average molecular weight is 154 g/mol. The highest BCUT2D eigenvalue weighted by molar-refractivity contribution is 6.51. The first-order chi connectivity index (χ1) is 3.52. The van der Waals surface area contributed by atoms with Gasteiger partial charge in [0, 0.05) is 12.0 Å². The van der Waals surface area contributed by atoms with Gasteiger partial charge in [-0.05, 0) is 6.42 Å². The third kappa shape index (κ3) is 0.734. The van der Waals surface area contributed by atoms with Crippen LogP contribution in [0.3, 0.4) is 0 Å². The van der Waals surface area contributed by atoms with E-state index in [2.05, 4.69) is 0 Å². The summed E-state index contributed by atoms with van der Waals surface area (Å²) in [6.45, 7) is 2.58. The highest BCUT2D eigenvalue weighted by Crippen LogP contribution is 2.62. The fraction of sp³-hybridized carbons (Fsp3) is 1.00. The van der Waals surface area contributed by atoms with E-state index in [1.165, 1.54) is 0 Å². The summed E-state index contributed by atoms with van der Waals surface area (Å²) in [5, 5.41) is 0. The molecule has 1 fully saturated rings. The van der Waals surface area contributed by atoms with Gasteiger partial charge < -0.3 is 5.73 Å². The summed E-state index contributed by atoms with van der Waals surface area (Å²) in [6, 6.07) is 0. The first-order valence-electron chi connectivity index (χ1n) is 2.60. The molecule has 0 aromatic carbocycles. The second kappa shape index (κ2) is 1.53. The van der Waals surface area contributed by atoms with Crippen molar-refractivity contribution in [2.75, 3.05) is 6.54 Å². The quantitative estimate of drug-likeness (QED) is 0.569. The molecule has 1 saturated carbocycles. The highest BCUT2D eigenvalue weighted by atomic mass is 35.5. The smallest absolute Gasteiger partial charge is 0.125 e. The van der Waals surface area contributed by atoms with Gasteiger partial charge in [0.05, 0.1) is 0 Å². The van der Waals surface area contributed by atoms with Crippen molar-refractivity contribution in [2.45, 2.75) is 17.7 Å². The van der Waals surface area contributed by atoms with E-state index in [0.717, 1.165) is 6.42 Å². The van der Waals surface area contributed by atoms with E-state index in [9.17, 15) is 0 Å². The molecule has 0 bridgehead atoms. The molecular formula is C5H9Cl2N. The molecule has 0 saturated heterocycles. The number of hydrogen-bond acceptors (Lipinski definition) is 1. The molecule has 0 spiro atoms. The first kappa shape index (κ1) is 6.66. The molecule has 0 aromatic rings. The summed E-state index contributed by atoms with van der Waals surface area (Å²) in [5.74, 6) is 0. The molecule has 48 valence electrons. The van der Waals surface area contributed by atoms with E-state index in [1.54, 1.807) is 0 Å². The lowest BCUT2D eigenvalue weighted by atomic mass is 10.1. The minimum Gasteiger partial charge on any atom is -0.330 e. The van der Waals surface area contributed by atoms with Gasteiger partial charge in [0.15, 0.2) is 0 Å². The lowest BCUT2D eigenvalue weighted by Gasteiger charge is -2.05. The molecule has 1 aliphatic carbocycles. The van der Waals surface area contributed by atoms with E-state index in [1.807, 2.05) is 6.92 Å². The lowest BCUT2D eigenvalue weighted by Crippen LogP contribution is -2.17. The Labute approximate surface area is 59.1 Å². The fourth-order valence-corrected chi connectivity index (χ4v) is 1.41. The molecule has 1 aliphatic rings. The zero-order valence-electron chi connectivity index (χ0n) is 4.75. The average Bonchev–Trinajstić information content (AvgIpc) is 2.10. The molecule has 1 unspecified atom stereocenters. The molecule has 0 aromatic heterocycles. The second-order valence-electron chi connectivity index (χ2n) is 2.65. The summed E-state index contributed by atoms with van der Waals surface area (Å²) in [4.78, 5) is 0. The van der Waals surface area contributed by atoms with Crippen molar-refractivity contribution in [1.82, 2.24) is 0 Å². The van der Waals surface area contributed by atoms with Crippen LogP contribution in [0.15, 0.2) is 0 Å². The number of nitrogens with two attached hydrogens (primary N) is 1. The number of alkyl halides is 2. The Kier molecular flexibility index (Phi) is 1.27. The van der Waals surface area contributed by atoms with Crippen LogP contribution in [0.4, 0.5) is 0 Å². The van der Waals surface area contributed by atoms with Crippen LogP contribution < -0.4 is 5.73 Å². The Bertz CT molecular complexity index is 113. The molecule has 0 aliphatic heterocycles. The van der Waals surface area contributed by atoms with Crippen molar-refractivity contribution < 1.29 is 0 Å². The van der Waals surface area contributed by atoms with Crippen LogP contribution >= 0.6 is 23.2 Å². The maximum Gasteiger partial charge on any atom is 0.125 e. The molecule has 1 nitrogen and oxygen atoms in total. The van der Waals surface area contributed by atoms with Gasteiger partial charge in [-0.3, -0.25) is 0 Å². The zero-order chi connectivity index (χ0) is 6.41. The Balaban J connectivity index is 2.55. The zero-order valence-corrected chi connectivity index (χ0v) is 6.26. The van der Waals surface area contributed by atoms with Gasteiger partial charge in [-0.1, -0.05) is 6.92 Å². The second-order valence-corrected chi connectivity index (χ2v) is 4.13. The summed E-state index contributed by atoms with van der Waals surface area (Å²) in [7, 11) is 0. The summed E-state index contributed by atoms with van der Waals surface area (Å²) >= 11 is 11.5. The van der Waals surface area contributed by atoms with Gasteiger partial charge >= 0.3 is 0 Å². The van der Waals surface area contributed by atoms with Crippen LogP contribution in [0, 0.1) is 5.41 Å². The highest BCUT2D eigenvalue weighted by Gasteiger charge is 2.61. The molecule has 8 heavy (non-hydrogen) atoms. The van der Waals surface area contributed by atoms with Crippen molar-refractivity contribution in [3.63, 3.8) is 0 Å². The third-order valence-corrected chi connectivity index (χ3v) is 3.00. The number of rotatable bonds is 1. The van der Waals surface area contributed by atoms with Crippen molar-refractivity contribution in [3.8, 4) is 0 Å². The van der Waals surface area contributed by atoms with Gasteiger partial charge in [0.2, 0.25) is 0 Å². The van der Waals surface area contributed by atoms with E-state index in [4.69, 9.17) is 28.9 Å². The monoisotopic (exact) mass is 153 g/mol. The van der Waals surface area contributed by atoms with Crippen molar-refractivity contribution in [2.24, 2.45) is 11.1 Å². The topological polar surface area (TPSA) is 26.0 Å². The molecule has 0 heterocycles. The van der Waals surface area contributed by atoms with Crippen LogP contribution in [0.5, 0.6) is 0 Å². The SMILES string of the molecule is CC1(CN)CC1(Cl)Cl. The first-order valence-corrected chi connectivity index (χ1v) is 3.35. The van der Waals surface area contributed by atoms with Gasteiger partial charge in [-0.2, -0.15) is 0 Å². The molecule has 2 N–H and O–H groups in total. The molecule has 1 atom stereocenters. The third-order valence-electron chi connectivity index (χ3n) is 1.82. The summed E-state index contributed by atoms with van der Waals surface area (Å²) in [6.07, 6.45) is 0.833. The van der Waals surface area contributed by atoms with Crippen molar-refractivity contribution in [1.29, 1.82) is 0 Å². The van der Waals surface area contributed by atoms with E-state index >= 15 is 0 Å². The van der Waals surface area contributed by atoms with Crippen LogP contribution in [0.1, 0.15) is 13.3 Å². The van der Waals surface area contributed by atoms with E-state index < -0.39 is 4.33 Å². The molecular weight excluding hydrogens is 145 g/mol. The fourth-order valence-electron chi connectivity index (χ4n) is 0.667. The minimum atomic E-state index is -0.526. The minimum absolute atomic E-state index is 0.00386. The summed E-state index contributed by atoms with van der Waals surface area (Å²) in [5.41, 5.74) is 5.37. The molecule has 1 rings (SSSR count). The van der Waals surface area contributed by atoms with Crippen LogP contribution in [0.2, 0.25) is 0 Å². The van der Waals surface area contributed by atoms with E-state index in [0.29, 0.717) is 6.54 Å². The molecule has 0 radical (unpaired) electrons. The van der Waals surface area contributed by atoms with Gasteiger partial charge in [0.1, 0.15) is 4.33 Å². The standard InChI is InChI=1S/C5H9Cl2N/c1-4(3-8)2-5(4,6)7/h2-3,8H2,1H3. The van der Waals surface area contributed by atoms with Gasteiger partial charge in [-0.25, -0.2) is 0 Å². The predicted molar refractivity (Wildman–Crippen MR) is 36.2 cm³/mol. The van der Waals surface area contributed by atoms with Crippen LogP contribution in [0.25, 0.3) is 0 Å². The lowest BCUT2D eigenvalue weighted by molar-refractivity contribution is 0.579. The number of hydrogen-bond donors (Lipinski definition) is 1. The van der Waals surface area contributed by atoms with Crippen molar-refractivity contribution in [3.05, 3.63) is 0 Å². The summed E-state index contributed by atoms with van der Waals surface area (Å²) < 4.78 is -0.526. The Morgan fingerprint density at radius 3 is 2.00 bits per heavy atom. The maximum atomic E-state index is 5.73. The predicted octanol–water partition coefficient (Wildman–Crippen LogP) is 1.53. The normalized spacial score (nSPS) is 42.0. The Morgan fingerprint density at radius 1 is 1.62 bits per heavy atom. The maximum absolute atomic E-state index is 5.73. The Hall–Kier alpha value is 0.540. The van der Waals surface area contributed by atoms with Gasteiger partial charge in [0.25, 0.3) is 0 Å². The van der Waals surface area contributed by atoms with Crippen LogP contribution in [-0.2, 0) is 0 Å². The van der Waals surface area contributed by atoms with Crippen molar-refractivity contribution >= 4 is 23.2 Å². The molecule has 3 heteroatoms. The largest absolute Gasteiger partial charge is 0.330 e.